The van der Waals surface area contributed by atoms with Crippen LogP contribution in [0.4, 0.5) is 0 Å². The van der Waals surface area contributed by atoms with E-state index >= 15 is 0 Å². The summed E-state index contributed by atoms with van der Waals surface area (Å²) < 4.78 is 11.2. The average molecular weight is 376 g/mol. The molecule has 5 heteroatoms. The number of aromatic nitrogens is 1. The van der Waals surface area contributed by atoms with Gasteiger partial charge in [0, 0.05) is 18.1 Å². The van der Waals surface area contributed by atoms with Gasteiger partial charge in [0.1, 0.15) is 17.5 Å². The molecule has 0 spiro atoms. The Morgan fingerprint density at radius 2 is 2.04 bits per heavy atom. The van der Waals surface area contributed by atoms with Gasteiger partial charge in [-0.3, -0.25) is 4.79 Å². The van der Waals surface area contributed by atoms with Crippen LogP contribution in [0.3, 0.4) is 0 Å². The van der Waals surface area contributed by atoms with Gasteiger partial charge < -0.3 is 14.6 Å². The van der Waals surface area contributed by atoms with E-state index in [4.69, 9.17) is 9.26 Å². The number of carbonyl (C=O) groups excluding carboxylic acids is 1. The van der Waals surface area contributed by atoms with Crippen LogP contribution in [0.15, 0.2) is 59.1 Å². The van der Waals surface area contributed by atoms with Crippen LogP contribution in [-0.4, -0.2) is 17.2 Å². The van der Waals surface area contributed by atoms with Crippen molar-refractivity contribution in [1.82, 2.24) is 10.5 Å². The molecule has 0 fully saturated rings. The third-order valence-electron chi connectivity index (χ3n) is 5.11. The molecule has 144 valence electrons. The largest absolute Gasteiger partial charge is 0.490 e. The fourth-order valence-electron chi connectivity index (χ4n) is 3.67. The van der Waals surface area contributed by atoms with E-state index in [-0.39, 0.29) is 17.9 Å². The normalized spacial score (nSPS) is 16.3. The summed E-state index contributed by atoms with van der Waals surface area (Å²) in [5.41, 5.74) is 3.89. The van der Waals surface area contributed by atoms with Crippen molar-refractivity contribution < 1.29 is 14.1 Å². The number of rotatable bonds is 6. The minimum absolute atomic E-state index is 0.00178. The SMILES string of the molecule is CCC(C(=O)NCc1cc(-c2ccc3c(c2)CC(C)O3)on1)c1ccccc1. The maximum Gasteiger partial charge on any atom is 0.227 e. The molecule has 0 saturated carbocycles. The first kappa shape index (κ1) is 18.3. The summed E-state index contributed by atoms with van der Waals surface area (Å²) in [6, 6.07) is 17.8. The number of hydrogen-bond acceptors (Lipinski definition) is 4. The number of nitrogens with one attached hydrogen (secondary N) is 1. The van der Waals surface area contributed by atoms with Crippen LogP contribution in [0.25, 0.3) is 11.3 Å². The van der Waals surface area contributed by atoms with Gasteiger partial charge in [-0.1, -0.05) is 42.4 Å². The van der Waals surface area contributed by atoms with E-state index in [1.54, 1.807) is 0 Å². The molecule has 0 radical (unpaired) electrons. The molecule has 3 aromatic rings. The number of benzene rings is 2. The lowest BCUT2D eigenvalue weighted by Gasteiger charge is -2.14. The predicted molar refractivity (Wildman–Crippen MR) is 107 cm³/mol. The van der Waals surface area contributed by atoms with Crippen molar-refractivity contribution in [2.45, 2.75) is 45.3 Å². The van der Waals surface area contributed by atoms with Crippen LogP contribution in [0.2, 0.25) is 0 Å². The Balaban J connectivity index is 1.41. The van der Waals surface area contributed by atoms with Gasteiger partial charge in [-0.05, 0) is 42.7 Å². The van der Waals surface area contributed by atoms with E-state index < -0.39 is 0 Å². The molecule has 2 heterocycles. The topological polar surface area (TPSA) is 64.4 Å². The van der Waals surface area contributed by atoms with Crippen molar-refractivity contribution in [3.8, 4) is 17.1 Å². The Morgan fingerprint density at radius 1 is 1.21 bits per heavy atom. The van der Waals surface area contributed by atoms with Gasteiger partial charge in [0.25, 0.3) is 0 Å². The number of ether oxygens (including phenoxy) is 1. The molecule has 0 aliphatic carbocycles. The highest BCUT2D eigenvalue weighted by Gasteiger charge is 2.21. The van der Waals surface area contributed by atoms with E-state index in [1.807, 2.05) is 55.5 Å². The molecule has 0 saturated heterocycles. The maximum absolute atomic E-state index is 12.6. The molecule has 4 rings (SSSR count). The van der Waals surface area contributed by atoms with Gasteiger partial charge in [0.15, 0.2) is 5.76 Å². The molecular weight excluding hydrogens is 352 g/mol. The summed E-state index contributed by atoms with van der Waals surface area (Å²) >= 11 is 0. The van der Waals surface area contributed by atoms with Crippen molar-refractivity contribution >= 4 is 5.91 Å². The zero-order chi connectivity index (χ0) is 19.5. The van der Waals surface area contributed by atoms with Crippen LogP contribution in [0.1, 0.15) is 43.0 Å². The molecule has 1 aliphatic rings. The Morgan fingerprint density at radius 3 is 2.82 bits per heavy atom. The third kappa shape index (κ3) is 3.79. The Labute approximate surface area is 164 Å². The number of nitrogens with zero attached hydrogens (tertiary/aromatic N) is 1. The molecule has 2 atom stereocenters. The maximum atomic E-state index is 12.6. The van der Waals surface area contributed by atoms with Crippen LogP contribution in [-0.2, 0) is 17.8 Å². The number of hydrogen-bond donors (Lipinski definition) is 1. The molecule has 5 nitrogen and oxygen atoms in total. The van der Waals surface area contributed by atoms with Gasteiger partial charge in [0.2, 0.25) is 5.91 Å². The fraction of sp³-hybridized carbons (Fsp3) is 0.304. The van der Waals surface area contributed by atoms with Crippen molar-refractivity contribution in [2.24, 2.45) is 0 Å². The van der Waals surface area contributed by atoms with Crippen molar-refractivity contribution in [3.05, 3.63) is 71.4 Å². The zero-order valence-electron chi connectivity index (χ0n) is 16.1. The summed E-state index contributed by atoms with van der Waals surface area (Å²) in [7, 11) is 0. The van der Waals surface area contributed by atoms with E-state index in [2.05, 4.69) is 23.5 Å². The van der Waals surface area contributed by atoms with E-state index in [1.165, 1.54) is 5.56 Å². The smallest absolute Gasteiger partial charge is 0.227 e. The first-order chi connectivity index (χ1) is 13.6. The van der Waals surface area contributed by atoms with E-state index in [0.717, 1.165) is 29.7 Å². The summed E-state index contributed by atoms with van der Waals surface area (Å²) in [5.74, 6) is 1.48. The standard InChI is InChI=1S/C23H24N2O3/c1-3-20(16-7-5-4-6-8-16)23(26)24-14-19-13-22(28-25-19)17-9-10-21-18(12-17)11-15(2)27-21/h4-10,12-13,15,20H,3,11,14H2,1-2H3,(H,24,26). The molecule has 0 bridgehead atoms. The van der Waals surface area contributed by atoms with Gasteiger partial charge in [0.05, 0.1) is 12.5 Å². The van der Waals surface area contributed by atoms with Gasteiger partial charge in [-0.2, -0.15) is 0 Å². The van der Waals surface area contributed by atoms with Crippen LogP contribution < -0.4 is 10.1 Å². The lowest BCUT2D eigenvalue weighted by Crippen LogP contribution is -2.28. The first-order valence-electron chi connectivity index (χ1n) is 9.72. The number of carbonyl (C=O) groups is 1. The Hall–Kier alpha value is -3.08. The predicted octanol–water partition coefficient (Wildman–Crippen LogP) is 4.48. The van der Waals surface area contributed by atoms with Gasteiger partial charge in [-0.25, -0.2) is 0 Å². The molecule has 2 unspecified atom stereocenters. The molecule has 1 aliphatic heterocycles. The summed E-state index contributed by atoms with van der Waals surface area (Å²) in [6.07, 6.45) is 1.86. The van der Waals surface area contributed by atoms with Crippen molar-refractivity contribution in [3.63, 3.8) is 0 Å². The molecule has 1 amide bonds. The van der Waals surface area contributed by atoms with Crippen LogP contribution >= 0.6 is 0 Å². The van der Waals surface area contributed by atoms with Gasteiger partial charge in [-0.15, -0.1) is 0 Å². The Bertz CT molecular complexity index is 965. The lowest BCUT2D eigenvalue weighted by molar-refractivity contribution is -0.122. The molecule has 1 N–H and O–H groups in total. The quantitative estimate of drug-likeness (QED) is 0.689. The summed E-state index contributed by atoms with van der Waals surface area (Å²) in [6.45, 7) is 4.43. The van der Waals surface area contributed by atoms with Crippen LogP contribution in [0.5, 0.6) is 5.75 Å². The average Bonchev–Trinajstić information content (AvgIpc) is 3.32. The second-order valence-corrected chi connectivity index (χ2v) is 7.23. The zero-order valence-corrected chi connectivity index (χ0v) is 16.1. The Kier molecular flexibility index (Phi) is 5.15. The van der Waals surface area contributed by atoms with E-state index in [0.29, 0.717) is 18.0 Å². The van der Waals surface area contributed by atoms with Crippen molar-refractivity contribution in [1.29, 1.82) is 0 Å². The van der Waals surface area contributed by atoms with Crippen molar-refractivity contribution in [2.75, 3.05) is 0 Å². The first-order valence-corrected chi connectivity index (χ1v) is 9.72. The highest BCUT2D eigenvalue weighted by molar-refractivity contribution is 5.83. The molecular formula is C23H24N2O3. The highest BCUT2D eigenvalue weighted by Crippen LogP contribution is 2.33. The number of amides is 1. The second-order valence-electron chi connectivity index (χ2n) is 7.23. The second kappa shape index (κ2) is 7.89. The highest BCUT2D eigenvalue weighted by atomic mass is 16.5. The third-order valence-corrected chi connectivity index (χ3v) is 5.11. The molecule has 1 aromatic heterocycles. The monoisotopic (exact) mass is 376 g/mol. The molecule has 2 aromatic carbocycles. The lowest BCUT2D eigenvalue weighted by atomic mass is 9.96. The minimum atomic E-state index is -0.161. The molecule has 28 heavy (non-hydrogen) atoms. The minimum Gasteiger partial charge on any atom is -0.490 e. The summed E-state index contributed by atoms with van der Waals surface area (Å²) in [5, 5.41) is 7.09. The van der Waals surface area contributed by atoms with E-state index in [9.17, 15) is 4.79 Å². The van der Waals surface area contributed by atoms with Crippen LogP contribution in [0, 0.1) is 0 Å². The summed E-state index contributed by atoms with van der Waals surface area (Å²) in [4.78, 5) is 12.6. The van der Waals surface area contributed by atoms with Gasteiger partial charge >= 0.3 is 0 Å². The fourth-order valence-corrected chi connectivity index (χ4v) is 3.67. The number of fused-ring (bicyclic) bond motifs is 1.